The SMILES string of the molecule is Cc1cccc(C)c1NCC(=O)NC(CCC(=O)O)Cc1ccccc1. The van der Waals surface area contributed by atoms with Crippen LogP contribution in [0.25, 0.3) is 0 Å². The highest BCUT2D eigenvalue weighted by molar-refractivity contribution is 5.81. The van der Waals surface area contributed by atoms with E-state index < -0.39 is 5.97 Å². The third kappa shape index (κ3) is 6.24. The van der Waals surface area contributed by atoms with Crippen LogP contribution in [-0.4, -0.2) is 29.6 Å². The summed E-state index contributed by atoms with van der Waals surface area (Å²) >= 11 is 0. The van der Waals surface area contributed by atoms with Crippen LogP contribution in [0.3, 0.4) is 0 Å². The summed E-state index contributed by atoms with van der Waals surface area (Å²) in [6.45, 7) is 4.15. The molecule has 0 aliphatic rings. The molecule has 0 bridgehead atoms. The number of nitrogens with one attached hydrogen (secondary N) is 2. The Morgan fingerprint density at radius 3 is 2.27 bits per heavy atom. The monoisotopic (exact) mass is 354 g/mol. The maximum absolute atomic E-state index is 12.4. The van der Waals surface area contributed by atoms with Crippen molar-refractivity contribution in [2.45, 2.75) is 39.2 Å². The smallest absolute Gasteiger partial charge is 0.303 e. The molecular weight excluding hydrogens is 328 g/mol. The van der Waals surface area contributed by atoms with Crippen LogP contribution in [0, 0.1) is 13.8 Å². The number of anilines is 1. The van der Waals surface area contributed by atoms with E-state index in [0.29, 0.717) is 12.8 Å². The van der Waals surface area contributed by atoms with Gasteiger partial charge >= 0.3 is 5.97 Å². The molecule has 0 spiro atoms. The number of carboxylic acids is 1. The number of aryl methyl sites for hydroxylation is 2. The van der Waals surface area contributed by atoms with Gasteiger partial charge in [0, 0.05) is 18.2 Å². The highest BCUT2D eigenvalue weighted by Gasteiger charge is 2.15. The van der Waals surface area contributed by atoms with Gasteiger partial charge in [-0.25, -0.2) is 0 Å². The molecule has 2 aromatic carbocycles. The quantitative estimate of drug-likeness (QED) is 0.645. The molecule has 138 valence electrons. The first-order valence-electron chi connectivity index (χ1n) is 8.81. The predicted molar refractivity (Wildman–Crippen MR) is 103 cm³/mol. The topological polar surface area (TPSA) is 78.4 Å². The van der Waals surface area contributed by atoms with E-state index in [1.165, 1.54) is 0 Å². The number of aliphatic carboxylic acids is 1. The molecule has 0 heterocycles. The zero-order valence-electron chi connectivity index (χ0n) is 15.3. The normalized spacial score (nSPS) is 11.6. The third-order valence-electron chi connectivity index (χ3n) is 4.30. The van der Waals surface area contributed by atoms with Gasteiger partial charge in [-0.3, -0.25) is 9.59 Å². The molecule has 0 fully saturated rings. The number of amides is 1. The molecule has 1 atom stereocenters. The van der Waals surface area contributed by atoms with Gasteiger partial charge in [0.15, 0.2) is 0 Å². The molecule has 0 aromatic heterocycles. The van der Waals surface area contributed by atoms with Crippen molar-refractivity contribution < 1.29 is 14.7 Å². The first-order valence-corrected chi connectivity index (χ1v) is 8.81. The maximum atomic E-state index is 12.4. The Morgan fingerprint density at radius 1 is 1.00 bits per heavy atom. The van der Waals surface area contributed by atoms with Gasteiger partial charge in [-0.1, -0.05) is 48.5 Å². The van der Waals surface area contributed by atoms with Gasteiger partial charge in [0.25, 0.3) is 0 Å². The van der Waals surface area contributed by atoms with E-state index >= 15 is 0 Å². The largest absolute Gasteiger partial charge is 0.481 e. The second kappa shape index (κ2) is 9.61. The summed E-state index contributed by atoms with van der Waals surface area (Å²) in [6, 6.07) is 15.5. The molecule has 0 saturated carbocycles. The van der Waals surface area contributed by atoms with E-state index in [-0.39, 0.29) is 24.9 Å². The molecule has 5 heteroatoms. The highest BCUT2D eigenvalue weighted by Crippen LogP contribution is 2.18. The summed E-state index contributed by atoms with van der Waals surface area (Å²) in [5.41, 5.74) is 4.22. The van der Waals surface area contributed by atoms with Crippen molar-refractivity contribution in [1.82, 2.24) is 5.32 Å². The first-order chi connectivity index (χ1) is 12.5. The first kappa shape index (κ1) is 19.5. The minimum atomic E-state index is -0.856. The van der Waals surface area contributed by atoms with Crippen molar-refractivity contribution in [1.29, 1.82) is 0 Å². The van der Waals surface area contributed by atoms with E-state index in [1.807, 2.05) is 62.4 Å². The number of rotatable bonds is 9. The fourth-order valence-electron chi connectivity index (χ4n) is 2.96. The molecule has 5 nitrogen and oxygen atoms in total. The van der Waals surface area contributed by atoms with Crippen molar-refractivity contribution >= 4 is 17.6 Å². The Bertz CT molecular complexity index is 724. The maximum Gasteiger partial charge on any atom is 0.303 e. The van der Waals surface area contributed by atoms with E-state index in [2.05, 4.69) is 10.6 Å². The van der Waals surface area contributed by atoms with Gasteiger partial charge < -0.3 is 15.7 Å². The lowest BCUT2D eigenvalue weighted by Crippen LogP contribution is -2.40. The van der Waals surface area contributed by atoms with E-state index in [9.17, 15) is 9.59 Å². The molecular formula is C21H26N2O3. The summed E-state index contributed by atoms with van der Waals surface area (Å²) in [5, 5.41) is 15.1. The zero-order valence-corrected chi connectivity index (χ0v) is 15.3. The average molecular weight is 354 g/mol. The van der Waals surface area contributed by atoms with Crippen molar-refractivity contribution in [2.24, 2.45) is 0 Å². The number of para-hydroxylation sites is 1. The molecule has 0 aliphatic carbocycles. The summed E-state index contributed by atoms with van der Waals surface area (Å²) < 4.78 is 0. The standard InChI is InChI=1S/C21H26N2O3/c1-15-7-6-8-16(2)21(15)22-14-19(24)23-18(11-12-20(25)26)13-17-9-4-3-5-10-17/h3-10,18,22H,11-14H2,1-2H3,(H,23,24)(H,25,26). The molecule has 1 unspecified atom stereocenters. The third-order valence-corrected chi connectivity index (χ3v) is 4.30. The van der Waals surface area contributed by atoms with Gasteiger partial charge in [0.1, 0.15) is 0 Å². The van der Waals surface area contributed by atoms with Crippen molar-refractivity contribution in [3.8, 4) is 0 Å². The van der Waals surface area contributed by atoms with Crippen molar-refractivity contribution in [2.75, 3.05) is 11.9 Å². The Balaban J connectivity index is 1.95. The van der Waals surface area contributed by atoms with Crippen LogP contribution >= 0.6 is 0 Å². The number of hydrogen-bond donors (Lipinski definition) is 3. The summed E-state index contributed by atoms with van der Waals surface area (Å²) in [7, 11) is 0. The Kier molecular flexibility index (Phi) is 7.21. The number of benzene rings is 2. The van der Waals surface area contributed by atoms with E-state index in [1.54, 1.807) is 0 Å². The number of carbonyl (C=O) groups excluding carboxylic acids is 1. The van der Waals surface area contributed by atoms with Crippen LogP contribution in [0.1, 0.15) is 29.5 Å². The lowest BCUT2D eigenvalue weighted by molar-refractivity contribution is -0.137. The van der Waals surface area contributed by atoms with Gasteiger partial charge in [0.2, 0.25) is 5.91 Å². The van der Waals surface area contributed by atoms with E-state index in [0.717, 1.165) is 22.4 Å². The summed E-state index contributed by atoms with van der Waals surface area (Å²) in [6.07, 6.45) is 1.05. The minimum Gasteiger partial charge on any atom is -0.481 e. The predicted octanol–water partition coefficient (Wildman–Crippen LogP) is 3.31. The molecule has 26 heavy (non-hydrogen) atoms. The second-order valence-corrected chi connectivity index (χ2v) is 6.51. The van der Waals surface area contributed by atoms with Gasteiger partial charge in [0.05, 0.1) is 6.54 Å². The van der Waals surface area contributed by atoms with Gasteiger partial charge in [-0.05, 0) is 43.4 Å². The van der Waals surface area contributed by atoms with Crippen molar-refractivity contribution in [3.05, 3.63) is 65.2 Å². The Labute approximate surface area is 154 Å². The van der Waals surface area contributed by atoms with Crippen LogP contribution in [0.2, 0.25) is 0 Å². The minimum absolute atomic E-state index is 0.0299. The van der Waals surface area contributed by atoms with Gasteiger partial charge in [-0.15, -0.1) is 0 Å². The van der Waals surface area contributed by atoms with Crippen molar-refractivity contribution in [3.63, 3.8) is 0 Å². The van der Waals surface area contributed by atoms with E-state index in [4.69, 9.17) is 5.11 Å². The lowest BCUT2D eigenvalue weighted by atomic mass is 10.0. The van der Waals surface area contributed by atoms with Crippen LogP contribution < -0.4 is 10.6 Å². The van der Waals surface area contributed by atoms with Crippen LogP contribution in [0.4, 0.5) is 5.69 Å². The number of carboxylic acid groups (broad SMARTS) is 1. The van der Waals surface area contributed by atoms with Gasteiger partial charge in [-0.2, -0.15) is 0 Å². The number of hydrogen-bond acceptors (Lipinski definition) is 3. The number of carbonyl (C=O) groups is 2. The fourth-order valence-corrected chi connectivity index (χ4v) is 2.96. The lowest BCUT2D eigenvalue weighted by Gasteiger charge is -2.19. The Hall–Kier alpha value is -2.82. The molecule has 0 aliphatic heterocycles. The summed E-state index contributed by atoms with van der Waals surface area (Å²) in [4.78, 5) is 23.3. The molecule has 3 N–H and O–H groups in total. The highest BCUT2D eigenvalue weighted by atomic mass is 16.4. The fraction of sp³-hybridized carbons (Fsp3) is 0.333. The molecule has 0 radical (unpaired) electrons. The summed E-state index contributed by atoms with van der Waals surface area (Å²) in [5.74, 6) is -0.995. The van der Waals surface area contributed by atoms with Crippen LogP contribution in [-0.2, 0) is 16.0 Å². The molecule has 0 saturated heterocycles. The molecule has 1 amide bonds. The molecule has 2 aromatic rings. The molecule has 2 rings (SSSR count). The van der Waals surface area contributed by atoms with Crippen LogP contribution in [0.15, 0.2) is 48.5 Å². The Morgan fingerprint density at radius 2 is 1.65 bits per heavy atom. The average Bonchev–Trinajstić information content (AvgIpc) is 2.60. The zero-order chi connectivity index (χ0) is 18.9. The second-order valence-electron chi connectivity index (χ2n) is 6.51. The van der Waals surface area contributed by atoms with Crippen LogP contribution in [0.5, 0.6) is 0 Å².